The molecule has 31 heavy (non-hydrogen) atoms. The van der Waals surface area contributed by atoms with E-state index in [9.17, 15) is 9.59 Å². The minimum atomic E-state index is -0.780. The third-order valence-electron chi connectivity index (χ3n) is 5.79. The molecule has 2 amide bonds. The maximum absolute atomic E-state index is 13.7. The standard InChI is InChI=1S/C24H26N4O2S/c1-16-9-10-19(14-17(16)2)28(24(30)20-15-25-11-12-26-20)22(21-8-5-13-31-21)23(29)27-18-6-3-4-7-18/h5,8-15,18,22H,3-4,6-7H2,1-2H3,(H,27,29). The molecule has 6 nitrogen and oxygen atoms in total. The highest BCUT2D eigenvalue weighted by Crippen LogP contribution is 2.33. The van der Waals surface area contributed by atoms with E-state index in [0.29, 0.717) is 5.69 Å². The molecule has 1 aliphatic rings. The first-order valence-corrected chi connectivity index (χ1v) is 11.4. The molecule has 160 valence electrons. The number of hydrogen-bond donors (Lipinski definition) is 1. The molecule has 1 unspecified atom stereocenters. The third-order valence-corrected chi connectivity index (χ3v) is 6.72. The maximum Gasteiger partial charge on any atom is 0.279 e. The van der Waals surface area contributed by atoms with E-state index in [1.807, 2.05) is 49.6 Å². The van der Waals surface area contributed by atoms with E-state index in [-0.39, 0.29) is 23.6 Å². The molecule has 4 rings (SSSR count). The van der Waals surface area contributed by atoms with Crippen LogP contribution < -0.4 is 10.2 Å². The molecular formula is C24H26N4O2S. The van der Waals surface area contributed by atoms with E-state index >= 15 is 0 Å². The Bertz CT molecular complexity index is 1050. The SMILES string of the molecule is Cc1ccc(N(C(=O)c2cnccn2)C(C(=O)NC2CCCC2)c2cccs2)cc1C. The Morgan fingerprint density at radius 2 is 1.94 bits per heavy atom. The van der Waals surface area contributed by atoms with Crippen molar-refractivity contribution in [2.75, 3.05) is 4.90 Å². The molecule has 3 aromatic rings. The van der Waals surface area contributed by atoms with Gasteiger partial charge in [0.1, 0.15) is 5.69 Å². The van der Waals surface area contributed by atoms with Crippen molar-refractivity contribution in [3.05, 3.63) is 76.0 Å². The summed E-state index contributed by atoms with van der Waals surface area (Å²) in [6.07, 6.45) is 8.65. The van der Waals surface area contributed by atoms with Crippen molar-refractivity contribution >= 4 is 28.8 Å². The molecule has 2 heterocycles. The second kappa shape index (κ2) is 9.39. The minimum absolute atomic E-state index is 0.156. The maximum atomic E-state index is 13.7. The van der Waals surface area contributed by atoms with E-state index in [2.05, 4.69) is 15.3 Å². The number of thiophene rings is 1. The van der Waals surface area contributed by atoms with Crippen LogP contribution in [-0.4, -0.2) is 27.8 Å². The summed E-state index contributed by atoms with van der Waals surface area (Å²) >= 11 is 1.47. The summed E-state index contributed by atoms with van der Waals surface area (Å²) in [5.74, 6) is -0.513. The molecule has 1 saturated carbocycles. The van der Waals surface area contributed by atoms with Crippen LogP contribution in [0, 0.1) is 13.8 Å². The van der Waals surface area contributed by atoms with Crippen molar-refractivity contribution in [2.24, 2.45) is 0 Å². The summed E-state index contributed by atoms with van der Waals surface area (Å²) in [5, 5.41) is 5.11. The van der Waals surface area contributed by atoms with E-state index in [4.69, 9.17) is 0 Å². The highest BCUT2D eigenvalue weighted by atomic mass is 32.1. The van der Waals surface area contributed by atoms with Gasteiger partial charge in [0.2, 0.25) is 5.91 Å². The topological polar surface area (TPSA) is 75.2 Å². The Balaban J connectivity index is 1.80. The third kappa shape index (κ3) is 4.66. The zero-order valence-electron chi connectivity index (χ0n) is 17.7. The van der Waals surface area contributed by atoms with Crippen molar-refractivity contribution in [3.63, 3.8) is 0 Å². The van der Waals surface area contributed by atoms with E-state index < -0.39 is 6.04 Å². The van der Waals surface area contributed by atoms with Crippen LogP contribution in [0.1, 0.15) is 58.2 Å². The quantitative estimate of drug-likeness (QED) is 0.615. The van der Waals surface area contributed by atoms with Gasteiger partial charge < -0.3 is 5.32 Å². The van der Waals surface area contributed by atoms with Crippen LogP contribution >= 0.6 is 11.3 Å². The van der Waals surface area contributed by atoms with Crippen LogP contribution in [0.2, 0.25) is 0 Å². The molecule has 1 fully saturated rings. The van der Waals surface area contributed by atoms with Gasteiger partial charge in [0.25, 0.3) is 5.91 Å². The molecular weight excluding hydrogens is 408 g/mol. The molecule has 1 aliphatic carbocycles. The van der Waals surface area contributed by atoms with Crippen molar-refractivity contribution < 1.29 is 9.59 Å². The summed E-state index contributed by atoms with van der Waals surface area (Å²) in [6, 6.07) is 9.00. The molecule has 1 N–H and O–H groups in total. The smallest absolute Gasteiger partial charge is 0.279 e. The summed E-state index contributed by atoms with van der Waals surface area (Å²) in [4.78, 5) is 37.9. The Morgan fingerprint density at radius 3 is 2.58 bits per heavy atom. The van der Waals surface area contributed by atoms with Gasteiger partial charge in [0.05, 0.1) is 6.20 Å². The fourth-order valence-electron chi connectivity index (χ4n) is 3.96. The molecule has 7 heteroatoms. The Hall–Kier alpha value is -3.06. The fraction of sp³-hybridized carbons (Fsp3) is 0.333. The number of aromatic nitrogens is 2. The van der Waals surface area contributed by atoms with Crippen LogP contribution in [-0.2, 0) is 4.79 Å². The largest absolute Gasteiger partial charge is 0.351 e. The molecule has 0 bridgehead atoms. The van der Waals surface area contributed by atoms with Gasteiger partial charge >= 0.3 is 0 Å². The number of carbonyl (C=O) groups excluding carboxylic acids is 2. The monoisotopic (exact) mass is 434 g/mol. The number of hydrogen-bond acceptors (Lipinski definition) is 5. The van der Waals surface area contributed by atoms with Crippen molar-refractivity contribution in [1.82, 2.24) is 15.3 Å². The second-order valence-electron chi connectivity index (χ2n) is 7.94. The first-order valence-electron chi connectivity index (χ1n) is 10.5. The number of rotatable bonds is 6. The van der Waals surface area contributed by atoms with Crippen molar-refractivity contribution in [2.45, 2.75) is 51.6 Å². The van der Waals surface area contributed by atoms with Crippen molar-refractivity contribution in [1.29, 1.82) is 0 Å². The average molecular weight is 435 g/mol. The first-order chi connectivity index (χ1) is 15.0. The van der Waals surface area contributed by atoms with Crippen molar-refractivity contribution in [3.8, 4) is 0 Å². The number of benzene rings is 1. The lowest BCUT2D eigenvalue weighted by atomic mass is 10.1. The number of carbonyl (C=O) groups is 2. The highest BCUT2D eigenvalue weighted by molar-refractivity contribution is 7.10. The van der Waals surface area contributed by atoms with E-state index in [1.54, 1.807) is 4.90 Å². The van der Waals surface area contributed by atoms with Gasteiger partial charge in [0.15, 0.2) is 6.04 Å². The number of amides is 2. The van der Waals surface area contributed by atoms with E-state index in [0.717, 1.165) is 41.7 Å². The highest BCUT2D eigenvalue weighted by Gasteiger charge is 2.36. The Morgan fingerprint density at radius 1 is 1.13 bits per heavy atom. The molecule has 0 saturated heterocycles. The zero-order chi connectivity index (χ0) is 21.8. The van der Waals surface area contributed by atoms with Gasteiger partial charge in [-0.15, -0.1) is 11.3 Å². The Labute approximate surface area is 186 Å². The molecule has 2 aromatic heterocycles. The number of nitrogens with one attached hydrogen (secondary N) is 1. The number of aryl methyl sites for hydroxylation is 2. The Kier molecular flexibility index (Phi) is 6.42. The molecule has 0 radical (unpaired) electrons. The minimum Gasteiger partial charge on any atom is -0.351 e. The lowest BCUT2D eigenvalue weighted by Gasteiger charge is -2.31. The second-order valence-corrected chi connectivity index (χ2v) is 8.92. The zero-order valence-corrected chi connectivity index (χ0v) is 18.6. The van der Waals surface area contributed by atoms with Crippen LogP contribution in [0.15, 0.2) is 54.3 Å². The first kappa shape index (κ1) is 21.2. The normalized spacial score (nSPS) is 14.9. The van der Waals surface area contributed by atoms with E-state index in [1.165, 1.54) is 29.9 Å². The number of anilines is 1. The predicted molar refractivity (Wildman–Crippen MR) is 122 cm³/mol. The molecule has 0 spiro atoms. The van der Waals surface area contributed by atoms with Crippen LogP contribution in [0.25, 0.3) is 0 Å². The summed E-state index contributed by atoms with van der Waals surface area (Å²) in [6.45, 7) is 4.03. The summed E-state index contributed by atoms with van der Waals surface area (Å²) < 4.78 is 0. The number of nitrogens with zero attached hydrogens (tertiary/aromatic N) is 3. The predicted octanol–water partition coefficient (Wildman–Crippen LogP) is 4.60. The summed E-state index contributed by atoms with van der Waals surface area (Å²) in [5.41, 5.74) is 3.05. The van der Waals surface area contributed by atoms with Gasteiger partial charge in [-0.05, 0) is 61.4 Å². The molecule has 1 atom stereocenters. The van der Waals surface area contributed by atoms with Gasteiger partial charge in [-0.2, -0.15) is 0 Å². The lowest BCUT2D eigenvalue weighted by molar-refractivity contribution is -0.123. The summed E-state index contributed by atoms with van der Waals surface area (Å²) in [7, 11) is 0. The van der Waals surface area contributed by atoms with Gasteiger partial charge in [-0.25, -0.2) is 4.98 Å². The molecule has 1 aromatic carbocycles. The fourth-order valence-corrected chi connectivity index (χ4v) is 4.78. The van der Waals surface area contributed by atoms with Crippen LogP contribution in [0.5, 0.6) is 0 Å². The average Bonchev–Trinajstić information content (AvgIpc) is 3.48. The van der Waals surface area contributed by atoms with Crippen LogP contribution in [0.3, 0.4) is 0 Å². The van der Waals surface area contributed by atoms with Gasteiger partial charge in [0, 0.05) is 29.0 Å². The van der Waals surface area contributed by atoms with Gasteiger partial charge in [-0.1, -0.05) is 25.0 Å². The van der Waals surface area contributed by atoms with Crippen LogP contribution in [0.4, 0.5) is 5.69 Å². The van der Waals surface area contributed by atoms with Gasteiger partial charge in [-0.3, -0.25) is 19.5 Å². The lowest BCUT2D eigenvalue weighted by Crippen LogP contribution is -2.46. The molecule has 0 aliphatic heterocycles.